The lowest BCUT2D eigenvalue weighted by Gasteiger charge is -2.14. The maximum atomic E-state index is 11.3. The first-order valence-corrected chi connectivity index (χ1v) is 5.30. The monoisotopic (exact) mass is 214 g/mol. The van der Waals surface area contributed by atoms with Crippen LogP contribution in [0.1, 0.15) is 26.2 Å². The van der Waals surface area contributed by atoms with Crippen LogP contribution >= 0.6 is 0 Å². The first kappa shape index (κ1) is 12.0. The number of rotatable bonds is 7. The molecular formula is C10H18N2O3. The zero-order valence-corrected chi connectivity index (χ0v) is 8.99. The highest BCUT2D eigenvalue weighted by Crippen LogP contribution is 2.33. The van der Waals surface area contributed by atoms with Gasteiger partial charge in [-0.3, -0.25) is 9.59 Å². The van der Waals surface area contributed by atoms with E-state index >= 15 is 0 Å². The van der Waals surface area contributed by atoms with E-state index in [1.54, 1.807) is 0 Å². The van der Waals surface area contributed by atoms with E-state index in [0.29, 0.717) is 18.9 Å². The lowest BCUT2D eigenvalue weighted by Crippen LogP contribution is -2.46. The molecule has 86 valence electrons. The van der Waals surface area contributed by atoms with Gasteiger partial charge >= 0.3 is 0 Å². The van der Waals surface area contributed by atoms with E-state index in [0.717, 1.165) is 12.8 Å². The average molecular weight is 214 g/mol. The quantitative estimate of drug-likeness (QED) is 0.615. The van der Waals surface area contributed by atoms with E-state index in [1.165, 1.54) is 0 Å². The maximum Gasteiger partial charge on any atom is 0.246 e. The van der Waals surface area contributed by atoms with Crippen LogP contribution in [-0.2, 0) is 14.3 Å². The molecule has 5 heteroatoms. The topological polar surface area (TPSA) is 81.4 Å². The van der Waals surface area contributed by atoms with E-state index in [1.807, 2.05) is 6.92 Å². The number of hydrogen-bond donors (Lipinski definition) is 2. The molecule has 2 amide bonds. The van der Waals surface area contributed by atoms with Crippen molar-refractivity contribution in [3.63, 3.8) is 0 Å². The van der Waals surface area contributed by atoms with Gasteiger partial charge in [0.25, 0.3) is 0 Å². The number of hydrogen-bond acceptors (Lipinski definition) is 3. The molecule has 0 heterocycles. The lowest BCUT2D eigenvalue weighted by atomic mass is 10.1. The Morgan fingerprint density at radius 3 is 2.67 bits per heavy atom. The first-order valence-electron chi connectivity index (χ1n) is 5.30. The maximum absolute atomic E-state index is 11.3. The molecular weight excluding hydrogens is 196 g/mol. The van der Waals surface area contributed by atoms with Gasteiger partial charge in [-0.15, -0.1) is 0 Å². The van der Waals surface area contributed by atoms with Gasteiger partial charge in [-0.05, 0) is 19.3 Å². The first-order chi connectivity index (χ1) is 7.13. The summed E-state index contributed by atoms with van der Waals surface area (Å²) in [6.45, 7) is 2.28. The number of carbonyl (C=O) groups is 2. The van der Waals surface area contributed by atoms with E-state index in [4.69, 9.17) is 10.5 Å². The SMILES string of the molecule is CCOCC(=O)N[C@@H](CC1CC1)C(N)=O. The van der Waals surface area contributed by atoms with Gasteiger partial charge in [0, 0.05) is 6.61 Å². The van der Waals surface area contributed by atoms with Gasteiger partial charge in [0.15, 0.2) is 0 Å². The number of amides is 2. The molecule has 0 spiro atoms. The fourth-order valence-electron chi connectivity index (χ4n) is 1.36. The van der Waals surface area contributed by atoms with Crippen molar-refractivity contribution in [2.75, 3.05) is 13.2 Å². The largest absolute Gasteiger partial charge is 0.372 e. The fraction of sp³-hybridized carbons (Fsp3) is 0.800. The summed E-state index contributed by atoms with van der Waals surface area (Å²) in [6, 6.07) is -0.537. The number of nitrogens with two attached hydrogens (primary N) is 1. The molecule has 0 aromatic heterocycles. The summed E-state index contributed by atoms with van der Waals surface area (Å²) < 4.78 is 4.93. The van der Waals surface area contributed by atoms with E-state index < -0.39 is 11.9 Å². The van der Waals surface area contributed by atoms with Gasteiger partial charge in [-0.25, -0.2) is 0 Å². The molecule has 1 saturated carbocycles. The Hall–Kier alpha value is -1.10. The van der Waals surface area contributed by atoms with E-state index in [2.05, 4.69) is 5.32 Å². The van der Waals surface area contributed by atoms with Crippen molar-refractivity contribution in [3.05, 3.63) is 0 Å². The van der Waals surface area contributed by atoms with Crippen molar-refractivity contribution in [3.8, 4) is 0 Å². The minimum Gasteiger partial charge on any atom is -0.372 e. The molecule has 3 N–H and O–H groups in total. The van der Waals surface area contributed by atoms with Gasteiger partial charge in [-0.2, -0.15) is 0 Å². The van der Waals surface area contributed by atoms with Crippen LogP contribution in [0.5, 0.6) is 0 Å². The molecule has 1 aliphatic carbocycles. The lowest BCUT2D eigenvalue weighted by molar-refractivity contribution is -0.130. The Bertz CT molecular complexity index is 239. The smallest absolute Gasteiger partial charge is 0.246 e. The Morgan fingerprint density at radius 2 is 2.20 bits per heavy atom. The summed E-state index contributed by atoms with van der Waals surface area (Å²) in [7, 11) is 0. The van der Waals surface area contributed by atoms with Crippen molar-refractivity contribution in [1.29, 1.82) is 0 Å². The molecule has 0 unspecified atom stereocenters. The van der Waals surface area contributed by atoms with Gasteiger partial charge in [-0.1, -0.05) is 12.8 Å². The van der Waals surface area contributed by atoms with Crippen molar-refractivity contribution >= 4 is 11.8 Å². The molecule has 0 radical (unpaired) electrons. The van der Waals surface area contributed by atoms with Gasteiger partial charge in [0.05, 0.1) is 0 Å². The van der Waals surface area contributed by atoms with Crippen LogP contribution < -0.4 is 11.1 Å². The summed E-state index contributed by atoms with van der Waals surface area (Å²) in [5, 5.41) is 2.58. The highest BCUT2D eigenvalue weighted by molar-refractivity contribution is 5.87. The molecule has 0 aromatic rings. The molecule has 0 aliphatic heterocycles. The Morgan fingerprint density at radius 1 is 1.53 bits per heavy atom. The third kappa shape index (κ3) is 4.78. The predicted octanol–water partition coefficient (Wildman–Crippen LogP) is -0.207. The molecule has 5 nitrogen and oxygen atoms in total. The second-order valence-electron chi connectivity index (χ2n) is 3.84. The number of carbonyl (C=O) groups excluding carboxylic acids is 2. The zero-order chi connectivity index (χ0) is 11.3. The minimum absolute atomic E-state index is 0.00898. The van der Waals surface area contributed by atoms with Crippen LogP contribution in [0.3, 0.4) is 0 Å². The Labute approximate surface area is 89.3 Å². The van der Waals surface area contributed by atoms with E-state index in [-0.39, 0.29) is 12.5 Å². The van der Waals surface area contributed by atoms with Crippen LogP contribution in [0.15, 0.2) is 0 Å². The van der Waals surface area contributed by atoms with Crippen molar-refractivity contribution in [2.45, 2.75) is 32.2 Å². The molecule has 0 saturated heterocycles. The second kappa shape index (κ2) is 5.70. The Kier molecular flexibility index (Phi) is 4.55. The van der Waals surface area contributed by atoms with Crippen LogP contribution in [0.2, 0.25) is 0 Å². The number of primary amides is 1. The standard InChI is InChI=1S/C10H18N2O3/c1-2-15-6-9(13)12-8(10(11)14)5-7-3-4-7/h7-8H,2-6H2,1H3,(H2,11,14)(H,12,13)/t8-/m0/s1. The predicted molar refractivity (Wildman–Crippen MR) is 55.0 cm³/mol. The van der Waals surface area contributed by atoms with Crippen LogP contribution in [-0.4, -0.2) is 31.1 Å². The number of ether oxygens (including phenoxy) is 1. The fourth-order valence-corrected chi connectivity index (χ4v) is 1.36. The van der Waals surface area contributed by atoms with Crippen molar-refractivity contribution in [1.82, 2.24) is 5.32 Å². The Balaban J connectivity index is 2.28. The highest BCUT2D eigenvalue weighted by Gasteiger charge is 2.28. The molecule has 0 bridgehead atoms. The molecule has 0 aromatic carbocycles. The summed E-state index contributed by atoms with van der Waals surface area (Å²) in [4.78, 5) is 22.3. The molecule has 1 aliphatic rings. The van der Waals surface area contributed by atoms with Crippen LogP contribution in [0, 0.1) is 5.92 Å². The second-order valence-corrected chi connectivity index (χ2v) is 3.84. The molecule has 1 atom stereocenters. The van der Waals surface area contributed by atoms with Crippen molar-refractivity contribution in [2.24, 2.45) is 11.7 Å². The third-order valence-electron chi connectivity index (χ3n) is 2.38. The van der Waals surface area contributed by atoms with Crippen LogP contribution in [0.4, 0.5) is 0 Å². The van der Waals surface area contributed by atoms with E-state index in [9.17, 15) is 9.59 Å². The summed E-state index contributed by atoms with van der Waals surface area (Å²) in [6.07, 6.45) is 2.92. The third-order valence-corrected chi connectivity index (χ3v) is 2.38. The van der Waals surface area contributed by atoms with Crippen LogP contribution in [0.25, 0.3) is 0 Å². The summed E-state index contributed by atoms with van der Waals surface area (Å²) in [5.74, 6) is -0.192. The molecule has 1 fully saturated rings. The van der Waals surface area contributed by atoms with Gasteiger partial charge < -0.3 is 15.8 Å². The minimum atomic E-state index is -0.537. The van der Waals surface area contributed by atoms with Gasteiger partial charge in [0.1, 0.15) is 12.6 Å². The summed E-state index contributed by atoms with van der Waals surface area (Å²) >= 11 is 0. The molecule has 15 heavy (non-hydrogen) atoms. The summed E-state index contributed by atoms with van der Waals surface area (Å²) in [5.41, 5.74) is 5.20. The molecule has 1 rings (SSSR count). The zero-order valence-electron chi connectivity index (χ0n) is 8.99. The van der Waals surface area contributed by atoms with Gasteiger partial charge in [0.2, 0.25) is 11.8 Å². The van der Waals surface area contributed by atoms with Crippen molar-refractivity contribution < 1.29 is 14.3 Å². The average Bonchev–Trinajstić information content (AvgIpc) is 2.97. The number of nitrogens with one attached hydrogen (secondary N) is 1. The normalized spacial score (nSPS) is 17.1. The highest BCUT2D eigenvalue weighted by atomic mass is 16.5.